The van der Waals surface area contributed by atoms with Crippen LogP contribution in [0.2, 0.25) is 0 Å². The third-order valence-electron chi connectivity index (χ3n) is 3.92. The zero-order valence-electron chi connectivity index (χ0n) is 11.4. The molecular formula is C15H21N3. The number of hydrogen-bond donors (Lipinski definition) is 2. The summed E-state index contributed by atoms with van der Waals surface area (Å²) in [5.41, 5.74) is 5.32. The highest BCUT2D eigenvalue weighted by Gasteiger charge is 2.22. The van der Waals surface area contributed by atoms with Gasteiger partial charge in [-0.25, -0.2) is 0 Å². The SMILES string of the molecule is Cc1ccc2[nH]c(C)c(C3CN(C)CCN3)c2c1. The molecule has 1 aromatic carbocycles. The van der Waals surface area contributed by atoms with E-state index in [1.807, 2.05) is 0 Å². The van der Waals surface area contributed by atoms with Crippen LogP contribution in [-0.4, -0.2) is 36.6 Å². The summed E-state index contributed by atoms with van der Waals surface area (Å²) in [6.07, 6.45) is 0. The molecule has 1 unspecified atom stereocenters. The highest BCUT2D eigenvalue weighted by molar-refractivity contribution is 5.85. The van der Waals surface area contributed by atoms with Gasteiger partial charge in [-0.3, -0.25) is 0 Å². The fourth-order valence-electron chi connectivity index (χ4n) is 3.00. The van der Waals surface area contributed by atoms with Gasteiger partial charge in [-0.1, -0.05) is 11.6 Å². The van der Waals surface area contributed by atoms with E-state index in [9.17, 15) is 0 Å². The minimum absolute atomic E-state index is 0.444. The van der Waals surface area contributed by atoms with Crippen LogP contribution >= 0.6 is 0 Å². The second kappa shape index (κ2) is 4.41. The molecule has 1 fully saturated rings. The number of likely N-dealkylation sites (N-methyl/N-ethyl adjacent to an activating group) is 1. The Balaban J connectivity index is 2.09. The first kappa shape index (κ1) is 11.8. The normalized spacial score (nSPS) is 21.6. The highest BCUT2D eigenvalue weighted by atomic mass is 15.2. The Morgan fingerprint density at radius 1 is 1.28 bits per heavy atom. The van der Waals surface area contributed by atoms with Gasteiger partial charge in [0.1, 0.15) is 0 Å². The van der Waals surface area contributed by atoms with Crippen molar-refractivity contribution >= 4 is 10.9 Å². The fourth-order valence-corrected chi connectivity index (χ4v) is 3.00. The average molecular weight is 243 g/mol. The molecule has 0 bridgehead atoms. The van der Waals surface area contributed by atoms with E-state index >= 15 is 0 Å². The van der Waals surface area contributed by atoms with Gasteiger partial charge in [0.2, 0.25) is 0 Å². The Bertz CT molecular complexity index is 570. The van der Waals surface area contributed by atoms with Gasteiger partial charge in [0.05, 0.1) is 0 Å². The molecular weight excluding hydrogens is 222 g/mol. The minimum Gasteiger partial charge on any atom is -0.358 e. The number of hydrogen-bond acceptors (Lipinski definition) is 2. The molecule has 0 spiro atoms. The monoisotopic (exact) mass is 243 g/mol. The molecule has 1 aromatic heterocycles. The van der Waals surface area contributed by atoms with Gasteiger partial charge in [-0.2, -0.15) is 0 Å². The Hall–Kier alpha value is -1.32. The van der Waals surface area contributed by atoms with Crippen molar-refractivity contribution in [1.82, 2.24) is 15.2 Å². The van der Waals surface area contributed by atoms with E-state index in [0.29, 0.717) is 6.04 Å². The lowest BCUT2D eigenvalue weighted by atomic mass is 10.00. The van der Waals surface area contributed by atoms with E-state index < -0.39 is 0 Å². The van der Waals surface area contributed by atoms with E-state index in [2.05, 4.69) is 54.3 Å². The molecule has 2 N–H and O–H groups in total. The van der Waals surface area contributed by atoms with Crippen LogP contribution in [0, 0.1) is 13.8 Å². The minimum atomic E-state index is 0.444. The lowest BCUT2D eigenvalue weighted by Gasteiger charge is -2.31. The first-order valence-electron chi connectivity index (χ1n) is 6.66. The van der Waals surface area contributed by atoms with Crippen LogP contribution in [-0.2, 0) is 0 Å². The van der Waals surface area contributed by atoms with Crippen LogP contribution in [0.25, 0.3) is 10.9 Å². The second-order valence-corrected chi connectivity index (χ2v) is 5.48. The van der Waals surface area contributed by atoms with Gasteiger partial charge in [-0.15, -0.1) is 0 Å². The maximum atomic E-state index is 3.64. The predicted molar refractivity (Wildman–Crippen MR) is 76.0 cm³/mol. The third kappa shape index (κ3) is 1.93. The molecule has 2 heterocycles. The summed E-state index contributed by atoms with van der Waals surface area (Å²) in [4.78, 5) is 5.91. The summed E-state index contributed by atoms with van der Waals surface area (Å²) in [5, 5.41) is 5.02. The molecule has 0 amide bonds. The van der Waals surface area contributed by atoms with E-state index in [1.54, 1.807) is 0 Å². The molecule has 0 saturated carbocycles. The molecule has 1 atom stereocenters. The van der Waals surface area contributed by atoms with Crippen molar-refractivity contribution in [3.05, 3.63) is 35.0 Å². The van der Waals surface area contributed by atoms with Gasteiger partial charge < -0.3 is 15.2 Å². The number of aromatic amines is 1. The second-order valence-electron chi connectivity index (χ2n) is 5.48. The molecule has 1 aliphatic heterocycles. The van der Waals surface area contributed by atoms with Crippen molar-refractivity contribution in [2.75, 3.05) is 26.7 Å². The molecule has 3 heteroatoms. The zero-order valence-corrected chi connectivity index (χ0v) is 11.4. The maximum Gasteiger partial charge on any atom is 0.0473 e. The van der Waals surface area contributed by atoms with Gasteiger partial charge in [0.25, 0.3) is 0 Å². The van der Waals surface area contributed by atoms with E-state index in [4.69, 9.17) is 0 Å². The molecule has 0 aliphatic carbocycles. The van der Waals surface area contributed by atoms with Crippen LogP contribution in [0.4, 0.5) is 0 Å². The largest absolute Gasteiger partial charge is 0.358 e. The van der Waals surface area contributed by atoms with Crippen LogP contribution in [0.1, 0.15) is 22.9 Å². The van der Waals surface area contributed by atoms with Crippen molar-refractivity contribution in [3.63, 3.8) is 0 Å². The molecule has 3 rings (SSSR count). The molecule has 18 heavy (non-hydrogen) atoms. The molecule has 2 aromatic rings. The number of rotatable bonds is 1. The highest BCUT2D eigenvalue weighted by Crippen LogP contribution is 2.29. The first-order valence-corrected chi connectivity index (χ1v) is 6.66. The summed E-state index contributed by atoms with van der Waals surface area (Å²) in [6, 6.07) is 7.10. The predicted octanol–water partition coefficient (Wildman–Crippen LogP) is 2.36. The van der Waals surface area contributed by atoms with Gasteiger partial charge in [0.15, 0.2) is 0 Å². The number of piperazine rings is 1. The van der Waals surface area contributed by atoms with Crippen LogP contribution in [0.5, 0.6) is 0 Å². The molecule has 1 aliphatic rings. The number of fused-ring (bicyclic) bond motifs is 1. The zero-order chi connectivity index (χ0) is 12.7. The molecule has 0 radical (unpaired) electrons. The summed E-state index contributed by atoms with van der Waals surface area (Å²) in [5.74, 6) is 0. The topological polar surface area (TPSA) is 31.1 Å². The standard InChI is InChI=1S/C15H21N3/c1-10-4-5-13-12(8-10)15(11(2)17-13)14-9-18(3)7-6-16-14/h4-5,8,14,16-17H,6-7,9H2,1-3H3. The number of benzene rings is 1. The van der Waals surface area contributed by atoms with Crippen LogP contribution in [0.3, 0.4) is 0 Å². The summed E-state index contributed by atoms with van der Waals surface area (Å²) in [6.45, 7) is 7.63. The number of aryl methyl sites for hydroxylation is 2. The number of nitrogens with zero attached hydrogens (tertiary/aromatic N) is 1. The van der Waals surface area contributed by atoms with Crippen molar-refractivity contribution < 1.29 is 0 Å². The first-order chi connectivity index (χ1) is 8.65. The van der Waals surface area contributed by atoms with Crippen molar-refractivity contribution in [3.8, 4) is 0 Å². The Labute approximate surface area is 108 Å². The number of aromatic nitrogens is 1. The smallest absolute Gasteiger partial charge is 0.0473 e. The Morgan fingerprint density at radius 3 is 2.89 bits per heavy atom. The average Bonchev–Trinajstić information content (AvgIpc) is 2.64. The van der Waals surface area contributed by atoms with Gasteiger partial charge in [0, 0.05) is 42.3 Å². The molecule has 96 valence electrons. The quantitative estimate of drug-likeness (QED) is 0.805. The Morgan fingerprint density at radius 2 is 2.11 bits per heavy atom. The van der Waals surface area contributed by atoms with Crippen molar-refractivity contribution in [2.45, 2.75) is 19.9 Å². The Kier molecular flexibility index (Phi) is 2.88. The lowest BCUT2D eigenvalue weighted by Crippen LogP contribution is -2.43. The molecule has 1 saturated heterocycles. The fraction of sp³-hybridized carbons (Fsp3) is 0.467. The van der Waals surface area contributed by atoms with Crippen molar-refractivity contribution in [2.24, 2.45) is 0 Å². The van der Waals surface area contributed by atoms with Crippen molar-refractivity contribution in [1.29, 1.82) is 0 Å². The van der Waals surface area contributed by atoms with Gasteiger partial charge >= 0.3 is 0 Å². The van der Waals surface area contributed by atoms with E-state index in [1.165, 1.54) is 27.7 Å². The van der Waals surface area contributed by atoms with Crippen LogP contribution < -0.4 is 5.32 Å². The summed E-state index contributed by atoms with van der Waals surface area (Å²) in [7, 11) is 2.20. The van der Waals surface area contributed by atoms with Gasteiger partial charge in [-0.05, 0) is 38.6 Å². The summed E-state index contributed by atoms with van der Waals surface area (Å²) < 4.78 is 0. The van der Waals surface area contributed by atoms with E-state index in [0.717, 1.165) is 19.6 Å². The van der Waals surface area contributed by atoms with Crippen LogP contribution in [0.15, 0.2) is 18.2 Å². The third-order valence-corrected chi connectivity index (χ3v) is 3.92. The lowest BCUT2D eigenvalue weighted by molar-refractivity contribution is 0.241. The molecule has 3 nitrogen and oxygen atoms in total. The number of H-pyrrole nitrogens is 1. The maximum absolute atomic E-state index is 3.64. The number of nitrogens with one attached hydrogen (secondary N) is 2. The van der Waals surface area contributed by atoms with E-state index in [-0.39, 0.29) is 0 Å². The summed E-state index contributed by atoms with van der Waals surface area (Å²) >= 11 is 0.